The lowest BCUT2D eigenvalue weighted by Crippen LogP contribution is -2.38. The molecule has 0 saturated carbocycles. The van der Waals surface area contributed by atoms with E-state index in [9.17, 15) is 14.4 Å². The van der Waals surface area contributed by atoms with Crippen molar-refractivity contribution >= 4 is 23.9 Å². The van der Waals surface area contributed by atoms with Crippen molar-refractivity contribution in [1.82, 2.24) is 14.8 Å². The molecule has 0 atom stereocenters. The van der Waals surface area contributed by atoms with Gasteiger partial charge in [0.05, 0.1) is 6.54 Å². The number of aromatic nitrogens is 1. The van der Waals surface area contributed by atoms with Crippen molar-refractivity contribution in [2.75, 3.05) is 27.7 Å². The highest BCUT2D eigenvalue weighted by molar-refractivity contribution is 6.00. The summed E-state index contributed by atoms with van der Waals surface area (Å²) in [6, 6.07) is 1.49. The van der Waals surface area contributed by atoms with Gasteiger partial charge in [-0.05, 0) is 12.1 Å². The van der Waals surface area contributed by atoms with Crippen LogP contribution in [0.25, 0.3) is 6.08 Å². The summed E-state index contributed by atoms with van der Waals surface area (Å²) in [6.07, 6.45) is 5.06. The van der Waals surface area contributed by atoms with Crippen LogP contribution in [0.2, 0.25) is 0 Å². The molecule has 112 valence electrons. The SMILES string of the molecule is CN(C)C(=O)CN(C)C(=O)c1ccncc1C=CC(=O)O. The highest BCUT2D eigenvalue weighted by Gasteiger charge is 2.18. The van der Waals surface area contributed by atoms with Crippen molar-refractivity contribution in [2.45, 2.75) is 0 Å². The summed E-state index contributed by atoms with van der Waals surface area (Å²) in [5.74, 6) is -1.70. The minimum absolute atomic E-state index is 0.0593. The number of amides is 2. The monoisotopic (exact) mass is 291 g/mol. The van der Waals surface area contributed by atoms with Crippen LogP contribution in [-0.4, -0.2) is 65.4 Å². The minimum Gasteiger partial charge on any atom is -0.478 e. The van der Waals surface area contributed by atoms with Gasteiger partial charge in [-0.15, -0.1) is 0 Å². The first kappa shape index (κ1) is 16.4. The zero-order valence-corrected chi connectivity index (χ0v) is 12.1. The van der Waals surface area contributed by atoms with Gasteiger partial charge in [0.15, 0.2) is 0 Å². The Bertz CT molecular complexity index is 581. The smallest absolute Gasteiger partial charge is 0.328 e. The molecule has 0 saturated heterocycles. The Morgan fingerprint density at radius 1 is 1.29 bits per heavy atom. The van der Waals surface area contributed by atoms with Gasteiger partial charge in [0.25, 0.3) is 5.91 Å². The van der Waals surface area contributed by atoms with Crippen LogP contribution in [0.5, 0.6) is 0 Å². The van der Waals surface area contributed by atoms with Gasteiger partial charge in [0.1, 0.15) is 0 Å². The molecule has 0 aliphatic carbocycles. The maximum absolute atomic E-state index is 12.3. The van der Waals surface area contributed by atoms with Gasteiger partial charge in [-0.2, -0.15) is 0 Å². The highest BCUT2D eigenvalue weighted by Crippen LogP contribution is 2.11. The number of nitrogens with zero attached hydrogens (tertiary/aromatic N) is 3. The number of hydrogen-bond acceptors (Lipinski definition) is 4. The summed E-state index contributed by atoms with van der Waals surface area (Å²) in [5, 5.41) is 8.64. The first-order valence-corrected chi connectivity index (χ1v) is 6.13. The molecule has 0 aromatic carbocycles. The lowest BCUT2D eigenvalue weighted by Gasteiger charge is -2.20. The molecule has 1 aromatic rings. The second-order valence-corrected chi connectivity index (χ2v) is 4.58. The Hall–Kier alpha value is -2.70. The van der Waals surface area contributed by atoms with Crippen molar-refractivity contribution < 1.29 is 19.5 Å². The molecule has 0 bridgehead atoms. The third kappa shape index (κ3) is 4.72. The standard InChI is InChI=1S/C14H17N3O4/c1-16(2)12(18)9-17(3)14(21)11-6-7-15-8-10(11)4-5-13(19)20/h4-8H,9H2,1-3H3,(H,19,20). The lowest BCUT2D eigenvalue weighted by atomic mass is 10.1. The maximum Gasteiger partial charge on any atom is 0.328 e. The van der Waals surface area contributed by atoms with Crippen LogP contribution in [0.1, 0.15) is 15.9 Å². The van der Waals surface area contributed by atoms with Crippen molar-refractivity contribution in [3.63, 3.8) is 0 Å². The quantitative estimate of drug-likeness (QED) is 0.790. The summed E-state index contributed by atoms with van der Waals surface area (Å²) in [6.45, 7) is -0.0593. The molecule has 0 radical (unpaired) electrons. The molecule has 21 heavy (non-hydrogen) atoms. The van der Waals surface area contributed by atoms with Crippen LogP contribution in [0, 0.1) is 0 Å². The van der Waals surface area contributed by atoms with Crippen LogP contribution in [-0.2, 0) is 9.59 Å². The first-order chi connectivity index (χ1) is 9.82. The Kier molecular flexibility index (Phi) is 5.59. The molecule has 1 aromatic heterocycles. The van der Waals surface area contributed by atoms with E-state index in [2.05, 4.69) is 4.98 Å². The fourth-order valence-corrected chi connectivity index (χ4v) is 1.52. The largest absolute Gasteiger partial charge is 0.478 e. The predicted molar refractivity (Wildman–Crippen MR) is 76.6 cm³/mol. The fourth-order valence-electron chi connectivity index (χ4n) is 1.52. The third-order valence-electron chi connectivity index (χ3n) is 2.71. The molecule has 0 spiro atoms. The molecule has 7 nitrogen and oxygen atoms in total. The van der Waals surface area contributed by atoms with E-state index in [-0.39, 0.29) is 23.9 Å². The molecule has 2 amide bonds. The number of hydrogen-bond donors (Lipinski definition) is 1. The van der Waals surface area contributed by atoms with E-state index in [4.69, 9.17) is 5.11 Å². The van der Waals surface area contributed by atoms with Gasteiger partial charge in [-0.1, -0.05) is 0 Å². The number of carboxylic acid groups (broad SMARTS) is 1. The topological polar surface area (TPSA) is 90.8 Å². The average molecular weight is 291 g/mol. The first-order valence-electron chi connectivity index (χ1n) is 6.13. The third-order valence-corrected chi connectivity index (χ3v) is 2.71. The second kappa shape index (κ2) is 7.18. The molecule has 1 rings (SSSR count). The van der Waals surface area contributed by atoms with Crippen molar-refractivity contribution in [3.05, 3.63) is 35.7 Å². The molecule has 0 fully saturated rings. The van der Waals surface area contributed by atoms with Crippen LogP contribution in [0.15, 0.2) is 24.5 Å². The van der Waals surface area contributed by atoms with Gasteiger partial charge in [0, 0.05) is 50.7 Å². The molecular formula is C14H17N3O4. The molecular weight excluding hydrogens is 274 g/mol. The number of pyridine rings is 1. The fraction of sp³-hybridized carbons (Fsp3) is 0.286. The number of likely N-dealkylation sites (N-methyl/N-ethyl adjacent to an activating group) is 2. The summed E-state index contributed by atoms with van der Waals surface area (Å²) >= 11 is 0. The van der Waals surface area contributed by atoms with E-state index >= 15 is 0 Å². The Labute approximate surface area is 122 Å². The molecule has 1 heterocycles. The van der Waals surface area contributed by atoms with Gasteiger partial charge in [-0.25, -0.2) is 4.79 Å². The highest BCUT2D eigenvalue weighted by atomic mass is 16.4. The van der Waals surface area contributed by atoms with E-state index in [1.54, 1.807) is 14.1 Å². The molecule has 0 unspecified atom stereocenters. The van der Waals surface area contributed by atoms with Crippen molar-refractivity contribution in [2.24, 2.45) is 0 Å². The van der Waals surface area contributed by atoms with E-state index in [1.807, 2.05) is 0 Å². The number of aliphatic carboxylic acids is 1. The molecule has 0 aliphatic rings. The van der Waals surface area contributed by atoms with Crippen molar-refractivity contribution in [3.8, 4) is 0 Å². The van der Waals surface area contributed by atoms with Crippen molar-refractivity contribution in [1.29, 1.82) is 0 Å². The summed E-state index contributed by atoms with van der Waals surface area (Å²) in [5.41, 5.74) is 0.672. The number of carboxylic acids is 1. The summed E-state index contributed by atoms with van der Waals surface area (Å²) in [4.78, 5) is 41.0. The normalized spacial score (nSPS) is 10.4. The maximum atomic E-state index is 12.3. The Balaban J connectivity index is 2.97. The number of carbonyl (C=O) groups excluding carboxylic acids is 2. The molecule has 1 N–H and O–H groups in total. The summed E-state index contributed by atoms with van der Waals surface area (Å²) < 4.78 is 0. The zero-order valence-electron chi connectivity index (χ0n) is 12.1. The van der Waals surface area contributed by atoms with Gasteiger partial charge in [0.2, 0.25) is 5.91 Å². The number of carbonyl (C=O) groups is 3. The molecule has 7 heteroatoms. The predicted octanol–water partition coefficient (Wildman–Crippen LogP) is 0.340. The van der Waals surface area contributed by atoms with E-state index in [0.717, 1.165) is 6.08 Å². The van der Waals surface area contributed by atoms with Crippen LogP contribution < -0.4 is 0 Å². The molecule has 0 aliphatic heterocycles. The van der Waals surface area contributed by atoms with E-state index in [0.29, 0.717) is 5.56 Å². The van der Waals surface area contributed by atoms with Gasteiger partial charge >= 0.3 is 5.97 Å². The minimum atomic E-state index is -1.12. The Morgan fingerprint density at radius 3 is 2.52 bits per heavy atom. The van der Waals surface area contributed by atoms with E-state index < -0.39 is 5.97 Å². The van der Waals surface area contributed by atoms with Crippen LogP contribution in [0.4, 0.5) is 0 Å². The summed E-state index contributed by atoms with van der Waals surface area (Å²) in [7, 11) is 4.72. The second-order valence-electron chi connectivity index (χ2n) is 4.58. The van der Waals surface area contributed by atoms with Gasteiger partial charge < -0.3 is 14.9 Å². The Morgan fingerprint density at radius 2 is 1.95 bits per heavy atom. The lowest BCUT2D eigenvalue weighted by molar-refractivity contribution is -0.131. The van der Waals surface area contributed by atoms with Crippen LogP contribution >= 0.6 is 0 Å². The zero-order chi connectivity index (χ0) is 16.0. The van der Waals surface area contributed by atoms with Crippen LogP contribution in [0.3, 0.4) is 0 Å². The average Bonchev–Trinajstić information content (AvgIpc) is 2.44. The van der Waals surface area contributed by atoms with Gasteiger partial charge in [-0.3, -0.25) is 14.6 Å². The number of rotatable bonds is 5. The van der Waals surface area contributed by atoms with E-state index in [1.165, 1.54) is 41.4 Å².